The maximum Gasteiger partial charge on any atom is 0.272 e. The minimum atomic E-state index is -1.31. The highest BCUT2D eigenvalue weighted by molar-refractivity contribution is 7.59. The molecule has 0 saturated heterocycles. The van der Waals surface area contributed by atoms with Crippen LogP contribution in [0.3, 0.4) is 0 Å². The van der Waals surface area contributed by atoms with E-state index in [2.05, 4.69) is 20.6 Å². The Kier molecular flexibility index (Phi) is 10.1. The van der Waals surface area contributed by atoms with Gasteiger partial charge in [0, 0.05) is 38.0 Å². The van der Waals surface area contributed by atoms with Crippen LogP contribution in [0.1, 0.15) is 35.7 Å². The molecule has 0 spiro atoms. The summed E-state index contributed by atoms with van der Waals surface area (Å²) in [5, 5.41) is 7.01. The summed E-state index contributed by atoms with van der Waals surface area (Å²) in [5.41, 5.74) is 2.54. The number of rotatable bonds is 6. The first-order valence-electron chi connectivity index (χ1n) is 10.6. The second-order valence-corrected chi connectivity index (χ2v) is 8.76. The van der Waals surface area contributed by atoms with E-state index in [0.717, 1.165) is 6.07 Å². The molecule has 1 atom stereocenters. The molecule has 3 aromatic rings. The van der Waals surface area contributed by atoms with E-state index in [-0.39, 0.29) is 44.4 Å². The Hall–Kier alpha value is -2.90. The van der Waals surface area contributed by atoms with Crippen LogP contribution in [0.2, 0.25) is 0 Å². The van der Waals surface area contributed by atoms with E-state index >= 15 is 0 Å². The maximum atomic E-state index is 14.6. The van der Waals surface area contributed by atoms with Gasteiger partial charge in [0.1, 0.15) is 17.7 Å². The number of halogens is 3. The van der Waals surface area contributed by atoms with E-state index in [4.69, 9.17) is 0 Å². The normalized spacial score (nSPS) is 14.0. The molecule has 4 rings (SSSR count). The Morgan fingerprint density at radius 1 is 1.17 bits per heavy atom. The molecular weight excluding hydrogens is 513 g/mol. The van der Waals surface area contributed by atoms with Crippen molar-refractivity contribution in [2.24, 2.45) is 0 Å². The fraction of sp³-hybridized carbons (Fsp3) is 0.391. The predicted molar refractivity (Wildman–Crippen MR) is 137 cm³/mol. The van der Waals surface area contributed by atoms with Crippen LogP contribution in [0, 0.1) is 17.5 Å². The molecule has 36 heavy (non-hydrogen) atoms. The number of imidazole rings is 1. The van der Waals surface area contributed by atoms with E-state index in [9.17, 15) is 22.8 Å². The predicted octanol–water partition coefficient (Wildman–Crippen LogP) is 3.10. The van der Waals surface area contributed by atoms with Crippen molar-refractivity contribution in [3.05, 3.63) is 57.6 Å². The summed E-state index contributed by atoms with van der Waals surface area (Å²) >= 11 is 1.37. The molecule has 0 fully saturated rings. The van der Waals surface area contributed by atoms with E-state index < -0.39 is 35.3 Å². The minimum absolute atomic E-state index is 0. The highest BCUT2D eigenvalue weighted by atomic mass is 32.1. The molecule has 0 radical (unpaired) electrons. The fourth-order valence-corrected chi connectivity index (χ4v) is 4.53. The quantitative estimate of drug-likeness (QED) is 0.467. The molecule has 0 unspecified atom stereocenters. The highest BCUT2D eigenvalue weighted by Crippen LogP contribution is 2.29. The number of carbonyl (C=O) groups is 2. The van der Waals surface area contributed by atoms with Gasteiger partial charge in [0.25, 0.3) is 5.91 Å². The lowest BCUT2D eigenvalue weighted by Gasteiger charge is -2.17. The van der Waals surface area contributed by atoms with Crippen LogP contribution < -0.4 is 10.6 Å². The molecule has 2 N–H and O–H groups in total. The lowest BCUT2D eigenvalue weighted by atomic mass is 10.1. The van der Waals surface area contributed by atoms with Gasteiger partial charge in [-0.25, -0.2) is 23.1 Å². The van der Waals surface area contributed by atoms with Crippen LogP contribution in [0.15, 0.2) is 23.0 Å². The summed E-state index contributed by atoms with van der Waals surface area (Å²) < 4.78 is 43.7. The fourth-order valence-electron chi connectivity index (χ4n) is 3.96. The van der Waals surface area contributed by atoms with Gasteiger partial charge in [0.2, 0.25) is 5.91 Å². The van der Waals surface area contributed by atoms with Crippen LogP contribution in [0.25, 0.3) is 11.4 Å². The number of thiazole rings is 1. The third-order valence-electron chi connectivity index (χ3n) is 5.64. The standard InChI is InChI=1S/C22H23F3N6O2S.CH4.H2S/c1-26-21(32)17(6-12-10-34-11-27-12)28-22(33)19-18-9-30(2)4-3-5-31(18)20(29-19)13-7-15(24)16(25)8-14(13)23;;/h7-8,10-11,17H,3-6,9H2,1-2H3,(H,26,32)(H,28,33);1H4;1H2/t17-;;/m0../s1. The molecule has 13 heteroatoms. The lowest BCUT2D eigenvalue weighted by molar-refractivity contribution is -0.122. The van der Waals surface area contributed by atoms with E-state index in [0.29, 0.717) is 43.5 Å². The van der Waals surface area contributed by atoms with Crippen LogP contribution in [-0.2, 0) is 24.3 Å². The zero-order chi connectivity index (χ0) is 24.4. The summed E-state index contributed by atoms with van der Waals surface area (Å²) in [6.45, 7) is 1.45. The monoisotopic (exact) mass is 542 g/mol. The summed E-state index contributed by atoms with van der Waals surface area (Å²) in [6, 6.07) is 0.292. The first-order chi connectivity index (χ1) is 16.3. The molecule has 0 saturated carbocycles. The third kappa shape index (κ3) is 6.08. The highest BCUT2D eigenvalue weighted by Gasteiger charge is 2.30. The van der Waals surface area contributed by atoms with E-state index in [1.807, 2.05) is 11.9 Å². The summed E-state index contributed by atoms with van der Waals surface area (Å²) in [6.07, 6.45) is 0.861. The summed E-state index contributed by atoms with van der Waals surface area (Å²) in [7, 11) is 3.34. The number of carbonyl (C=O) groups excluding carboxylic acids is 2. The Labute approximate surface area is 218 Å². The van der Waals surface area contributed by atoms with Crippen LogP contribution in [-0.4, -0.2) is 57.9 Å². The van der Waals surface area contributed by atoms with Crippen molar-refractivity contribution in [2.75, 3.05) is 20.6 Å². The number of hydrogen-bond acceptors (Lipinski definition) is 6. The molecule has 1 aliphatic rings. The van der Waals surface area contributed by atoms with E-state index in [1.54, 1.807) is 15.5 Å². The van der Waals surface area contributed by atoms with Crippen LogP contribution >= 0.6 is 24.8 Å². The van der Waals surface area contributed by atoms with Crippen molar-refractivity contribution in [1.29, 1.82) is 0 Å². The number of benzene rings is 1. The van der Waals surface area contributed by atoms with Crippen LogP contribution in [0.4, 0.5) is 13.2 Å². The minimum Gasteiger partial charge on any atom is -0.357 e. The van der Waals surface area contributed by atoms with Gasteiger partial charge in [-0.2, -0.15) is 13.5 Å². The Morgan fingerprint density at radius 3 is 2.56 bits per heavy atom. The van der Waals surface area contributed by atoms with Crippen molar-refractivity contribution in [3.63, 3.8) is 0 Å². The Bertz CT molecular complexity index is 1220. The van der Waals surface area contributed by atoms with Crippen molar-refractivity contribution in [3.8, 4) is 11.4 Å². The Balaban J connectivity index is 0.00000228. The molecule has 196 valence electrons. The molecular formula is C23H29F3N6O2S2. The van der Waals surface area contributed by atoms with Gasteiger partial charge >= 0.3 is 0 Å². The van der Waals surface area contributed by atoms with Crippen molar-refractivity contribution < 1.29 is 22.8 Å². The average molecular weight is 543 g/mol. The van der Waals surface area contributed by atoms with Crippen molar-refractivity contribution in [2.45, 2.75) is 39.4 Å². The molecule has 3 heterocycles. The number of nitrogens with one attached hydrogen (secondary N) is 2. The Morgan fingerprint density at radius 2 is 1.89 bits per heavy atom. The average Bonchev–Trinajstić information content (AvgIpc) is 3.39. The summed E-state index contributed by atoms with van der Waals surface area (Å²) in [4.78, 5) is 36.2. The molecule has 1 aromatic carbocycles. The molecule has 0 aliphatic carbocycles. The topological polar surface area (TPSA) is 92.1 Å². The van der Waals surface area contributed by atoms with Gasteiger partial charge in [-0.1, -0.05) is 7.43 Å². The number of fused-ring (bicyclic) bond motifs is 1. The number of aromatic nitrogens is 3. The van der Waals surface area contributed by atoms with Gasteiger partial charge in [0.05, 0.1) is 22.5 Å². The van der Waals surface area contributed by atoms with Crippen LogP contribution in [0.5, 0.6) is 0 Å². The maximum absolute atomic E-state index is 14.6. The molecule has 1 aliphatic heterocycles. The van der Waals surface area contributed by atoms with Gasteiger partial charge in [-0.15, -0.1) is 11.3 Å². The van der Waals surface area contributed by atoms with Gasteiger partial charge < -0.3 is 20.1 Å². The molecule has 2 amide bonds. The number of hydrogen-bond donors (Lipinski definition) is 2. The first-order valence-corrected chi connectivity index (χ1v) is 11.5. The SMILES string of the molecule is C.CNC(=O)[C@H](Cc1cscn1)NC(=O)c1nc(-c2cc(F)c(F)cc2F)n2c1CN(C)CCC2.S. The van der Waals surface area contributed by atoms with Crippen molar-refractivity contribution >= 4 is 36.6 Å². The van der Waals surface area contributed by atoms with E-state index in [1.165, 1.54) is 18.4 Å². The smallest absolute Gasteiger partial charge is 0.272 e. The molecule has 0 bridgehead atoms. The number of likely N-dealkylation sites (N-methyl/N-ethyl adjacent to an activating group) is 1. The zero-order valence-corrected chi connectivity index (χ0v) is 20.9. The molecule has 2 aromatic heterocycles. The second kappa shape index (κ2) is 12.4. The number of amides is 2. The van der Waals surface area contributed by atoms with Gasteiger partial charge in [-0.05, 0) is 26.1 Å². The van der Waals surface area contributed by atoms with Gasteiger partial charge in [0.15, 0.2) is 17.3 Å². The molecule has 8 nitrogen and oxygen atoms in total. The third-order valence-corrected chi connectivity index (χ3v) is 6.28. The second-order valence-electron chi connectivity index (χ2n) is 8.04. The first kappa shape index (κ1) is 29.3. The van der Waals surface area contributed by atoms with Gasteiger partial charge in [-0.3, -0.25) is 9.59 Å². The summed E-state index contributed by atoms with van der Waals surface area (Å²) in [5.74, 6) is -4.51. The van der Waals surface area contributed by atoms with Crippen molar-refractivity contribution in [1.82, 2.24) is 30.1 Å². The largest absolute Gasteiger partial charge is 0.357 e. The zero-order valence-electron chi connectivity index (χ0n) is 19.1. The lowest BCUT2D eigenvalue weighted by Crippen LogP contribution is -2.47. The number of nitrogens with zero attached hydrogens (tertiary/aromatic N) is 4.